The number of hydrogen-bond donors (Lipinski definition) is 0. The fourth-order valence-electron chi connectivity index (χ4n) is 0.433. The van der Waals surface area contributed by atoms with Gasteiger partial charge in [0, 0.05) is 0 Å². The molecule has 0 rings (SSSR count). The second-order valence-corrected chi connectivity index (χ2v) is 12.3. The minimum absolute atomic E-state index is 0.181. The standard InChI is InChI=1S/C6H18GeSi/c1-6(7(2)3)8(4)5/h6-8H,1-5H3/t6-/m1/s1/i4D3,7D,8D/t6-,8?. The van der Waals surface area contributed by atoms with Gasteiger partial charge in [-0.15, -0.1) is 0 Å². The zero-order valence-corrected chi connectivity index (χ0v) is 9.18. The van der Waals surface area contributed by atoms with E-state index < -0.39 is 29.4 Å². The number of rotatable bonds is 2. The molecule has 0 amide bonds. The van der Waals surface area contributed by atoms with E-state index in [1.54, 1.807) is 13.5 Å². The molecule has 0 radical (unpaired) electrons. The second-order valence-electron chi connectivity index (χ2n) is 2.48. The van der Waals surface area contributed by atoms with Crippen LogP contribution in [0.1, 0.15) is 11.0 Å². The van der Waals surface area contributed by atoms with Crippen molar-refractivity contribution in [3.8, 4) is 0 Å². The van der Waals surface area contributed by atoms with E-state index >= 15 is 0 Å². The van der Waals surface area contributed by atoms with E-state index in [2.05, 4.69) is 0 Å². The van der Waals surface area contributed by atoms with Gasteiger partial charge in [-0.25, -0.2) is 0 Å². The van der Waals surface area contributed by atoms with Crippen LogP contribution in [0.4, 0.5) is 0 Å². The molecule has 0 bridgehead atoms. The molecule has 0 aliphatic carbocycles. The van der Waals surface area contributed by atoms with Crippen LogP contribution in [0.15, 0.2) is 0 Å². The van der Waals surface area contributed by atoms with Gasteiger partial charge in [0.15, 0.2) is 0 Å². The van der Waals surface area contributed by atoms with Gasteiger partial charge in [-0.1, -0.05) is 0 Å². The zero-order valence-electron chi connectivity index (χ0n) is 11.1. The molecule has 2 heteroatoms. The average Bonchev–Trinajstić information content (AvgIpc) is 1.81. The third-order valence-corrected chi connectivity index (χ3v) is 12.2. The van der Waals surface area contributed by atoms with Crippen LogP contribution >= 0.6 is 0 Å². The Labute approximate surface area is 65.7 Å². The molecule has 1 unspecified atom stereocenters. The van der Waals surface area contributed by atoms with E-state index in [0.717, 1.165) is 0 Å². The molecule has 0 aromatic heterocycles. The summed E-state index contributed by atoms with van der Waals surface area (Å²) in [5.41, 5.74) is 0. The summed E-state index contributed by atoms with van der Waals surface area (Å²) in [4.78, 5) is 0. The van der Waals surface area contributed by atoms with Crippen molar-refractivity contribution in [1.82, 2.24) is 0 Å². The summed E-state index contributed by atoms with van der Waals surface area (Å²) in [5, 5.41) is 0. The maximum atomic E-state index is 7.94. The Morgan fingerprint density at radius 3 is 2.50 bits per heavy atom. The first-order valence-electron chi connectivity index (χ1n) is 5.40. The van der Waals surface area contributed by atoms with E-state index in [-0.39, 0.29) is 4.37 Å². The van der Waals surface area contributed by atoms with Gasteiger partial charge in [-0.2, -0.15) is 0 Å². The normalized spacial score (nSPS) is 34.8. The molecule has 0 saturated carbocycles. The first kappa shape index (κ1) is 3.24. The first-order chi connectivity index (χ1) is 5.40. The summed E-state index contributed by atoms with van der Waals surface area (Å²) >= 11 is -2.73. The molecule has 0 N–H and O–H groups in total. The Hall–Kier alpha value is 0.760. The van der Waals surface area contributed by atoms with Crippen molar-refractivity contribution < 1.29 is 4.11 Å². The van der Waals surface area contributed by atoms with E-state index in [9.17, 15) is 0 Å². The predicted molar refractivity (Wildman–Crippen MR) is 47.2 cm³/mol. The van der Waals surface area contributed by atoms with Crippen LogP contribution < -0.4 is 0 Å². The molecule has 8 heavy (non-hydrogen) atoms. The first-order valence-corrected chi connectivity index (χ1v) is 10.4. The van der Waals surface area contributed by atoms with Crippen molar-refractivity contribution in [2.75, 3.05) is 0 Å². The molecule has 0 aliphatic rings. The van der Waals surface area contributed by atoms with Crippen molar-refractivity contribution in [2.24, 2.45) is 0 Å². The van der Waals surface area contributed by atoms with Crippen LogP contribution in [0.3, 0.4) is 0 Å². The molecular formula is C6H18GeSi. The Morgan fingerprint density at radius 1 is 1.88 bits per heavy atom. The minimum atomic E-state index is -3.00. The Morgan fingerprint density at radius 2 is 2.38 bits per heavy atom. The quantitative estimate of drug-likeness (QED) is 0.591. The third kappa shape index (κ3) is 2.92. The fraction of sp³-hybridized carbons (Fsp3) is 1.00. The summed E-state index contributed by atoms with van der Waals surface area (Å²) in [6, 6.07) is 0. The summed E-state index contributed by atoms with van der Waals surface area (Å²) in [6.45, 7) is 1.21. The van der Waals surface area contributed by atoms with Gasteiger partial charge < -0.3 is 0 Å². The molecule has 0 saturated heterocycles. The van der Waals surface area contributed by atoms with Gasteiger partial charge in [0.05, 0.1) is 0 Å². The summed E-state index contributed by atoms with van der Waals surface area (Å²) in [7, 11) is -3.00. The van der Waals surface area contributed by atoms with Crippen LogP contribution in [0.2, 0.25) is 28.9 Å². The molecule has 2 atom stereocenters. The summed E-state index contributed by atoms with van der Waals surface area (Å²) in [5.74, 6) is 3.71. The van der Waals surface area contributed by atoms with Crippen molar-refractivity contribution >= 4 is 22.9 Å². The topological polar surface area (TPSA) is 0 Å². The van der Waals surface area contributed by atoms with Crippen LogP contribution in [0.25, 0.3) is 0 Å². The molecular weight excluding hydrogens is 173 g/mol. The van der Waals surface area contributed by atoms with E-state index in [1.165, 1.54) is 0 Å². The van der Waals surface area contributed by atoms with Gasteiger partial charge in [0.25, 0.3) is 0 Å². The van der Waals surface area contributed by atoms with Crippen LogP contribution in [-0.2, 0) is 0 Å². The molecule has 0 spiro atoms. The number of hydrogen-bond acceptors (Lipinski definition) is 0. The van der Waals surface area contributed by atoms with Crippen LogP contribution in [0, 0.1) is 0 Å². The second kappa shape index (κ2) is 3.72. The molecule has 50 valence electrons. The zero-order chi connectivity index (χ0) is 11.1. The van der Waals surface area contributed by atoms with Crippen molar-refractivity contribution in [3.63, 3.8) is 0 Å². The van der Waals surface area contributed by atoms with E-state index in [4.69, 9.17) is 6.27 Å². The van der Waals surface area contributed by atoms with Crippen molar-refractivity contribution in [2.45, 2.75) is 35.8 Å². The molecule has 0 nitrogen and oxygen atoms in total. The van der Waals surface area contributed by atoms with Crippen LogP contribution in [0.5, 0.6) is 0 Å². The molecule has 0 fully saturated rings. The van der Waals surface area contributed by atoms with Gasteiger partial charge in [-0.3, -0.25) is 0 Å². The Balaban J connectivity index is 4.86. The summed E-state index contributed by atoms with van der Waals surface area (Å²) < 4.78 is 37.6. The Kier molecular flexibility index (Phi) is 1.51. The van der Waals surface area contributed by atoms with E-state index in [1.807, 2.05) is 11.5 Å². The SMILES string of the molecule is [2H]C([2H])([2H])[Si]([2H])(C)[C@H](C)[Ge]([2H])([CH3])[CH3]. The summed E-state index contributed by atoms with van der Waals surface area (Å²) in [6.07, 6.45) is 0. The van der Waals surface area contributed by atoms with Crippen molar-refractivity contribution in [3.05, 3.63) is 0 Å². The van der Waals surface area contributed by atoms with Gasteiger partial charge in [0.1, 0.15) is 0 Å². The monoisotopic (exact) mass is 197 g/mol. The average molecular weight is 196 g/mol. The van der Waals surface area contributed by atoms with E-state index in [0.29, 0.717) is 0 Å². The molecule has 0 aromatic rings. The van der Waals surface area contributed by atoms with Gasteiger partial charge in [0.2, 0.25) is 0 Å². The van der Waals surface area contributed by atoms with Gasteiger partial charge >= 0.3 is 65.0 Å². The maximum absolute atomic E-state index is 7.94. The third-order valence-electron chi connectivity index (χ3n) is 1.52. The van der Waals surface area contributed by atoms with Crippen LogP contribution in [-0.4, -0.2) is 25.1 Å². The Bertz CT molecular complexity index is 182. The van der Waals surface area contributed by atoms with Crippen molar-refractivity contribution in [1.29, 1.82) is 2.16 Å². The molecule has 0 aromatic carbocycles. The fourth-order valence-corrected chi connectivity index (χ4v) is 6.75. The molecule has 0 heterocycles. The molecule has 0 aliphatic heterocycles. The van der Waals surface area contributed by atoms with Gasteiger partial charge in [-0.05, 0) is 0 Å². The predicted octanol–water partition coefficient (Wildman–Crippen LogP) is 1.89.